The number of anilines is 1. The third kappa shape index (κ3) is 3.53. The number of amides is 1. The monoisotopic (exact) mass is 417 g/mol. The van der Waals surface area contributed by atoms with Crippen molar-refractivity contribution >= 4 is 34.3 Å². The molecule has 4 aromatic rings. The van der Waals surface area contributed by atoms with Gasteiger partial charge < -0.3 is 5.32 Å². The second-order valence-corrected chi connectivity index (χ2v) is 7.80. The number of thiazole rings is 1. The van der Waals surface area contributed by atoms with Gasteiger partial charge in [-0.15, -0.1) is 11.3 Å². The van der Waals surface area contributed by atoms with Crippen LogP contribution < -0.4 is 5.32 Å². The molecule has 1 aliphatic heterocycles. The smallest absolute Gasteiger partial charge is 0.230 e. The number of nitrogens with one attached hydrogen (secondary N) is 1. The van der Waals surface area contributed by atoms with Gasteiger partial charge in [0.15, 0.2) is 5.13 Å². The van der Waals surface area contributed by atoms with Crippen LogP contribution in [0.4, 0.5) is 15.8 Å². The lowest BCUT2D eigenvalue weighted by atomic mass is 10.0. The average Bonchev–Trinajstić information content (AvgIpc) is 3.35. The molecule has 0 saturated heterocycles. The second-order valence-electron chi connectivity index (χ2n) is 6.96. The molecular weight excluding hydrogens is 401 g/mol. The molecule has 0 bridgehead atoms. The van der Waals surface area contributed by atoms with E-state index in [4.69, 9.17) is 4.99 Å². The van der Waals surface area contributed by atoms with Crippen LogP contribution in [0.1, 0.15) is 17.8 Å². The molecule has 0 fully saturated rings. The fourth-order valence-electron chi connectivity index (χ4n) is 3.28. The largest absolute Gasteiger partial charge is 0.324 e. The molecule has 0 atom stereocenters. The van der Waals surface area contributed by atoms with E-state index in [1.54, 1.807) is 18.5 Å². The molecule has 0 unspecified atom stereocenters. The van der Waals surface area contributed by atoms with Gasteiger partial charge in [0.25, 0.3) is 0 Å². The maximum Gasteiger partial charge on any atom is 0.230 e. The van der Waals surface area contributed by atoms with E-state index >= 15 is 0 Å². The maximum atomic E-state index is 13.2. The van der Waals surface area contributed by atoms with Crippen molar-refractivity contribution in [3.63, 3.8) is 0 Å². The van der Waals surface area contributed by atoms with Gasteiger partial charge in [-0.05, 0) is 42.3 Å². The van der Waals surface area contributed by atoms with E-state index in [-0.39, 0.29) is 18.1 Å². The van der Waals surface area contributed by atoms with E-state index in [0.29, 0.717) is 22.8 Å². The Morgan fingerprint density at radius 3 is 2.70 bits per heavy atom. The first-order valence-electron chi connectivity index (χ1n) is 9.29. The summed E-state index contributed by atoms with van der Waals surface area (Å²) in [4.78, 5) is 26.1. The number of nitrogens with zero attached hydrogens (tertiary/aromatic N) is 4. The molecule has 1 amide bonds. The zero-order chi connectivity index (χ0) is 20.7. The Hall–Kier alpha value is -3.65. The minimum atomic E-state index is -0.287. The van der Waals surface area contributed by atoms with Crippen LogP contribution in [0.25, 0.3) is 16.3 Å². The molecule has 5 rings (SSSR count). The molecule has 1 aliphatic rings. The van der Waals surface area contributed by atoms with Crippen molar-refractivity contribution in [1.82, 2.24) is 14.5 Å². The van der Waals surface area contributed by atoms with Crippen molar-refractivity contribution in [2.45, 2.75) is 13.3 Å². The summed E-state index contributed by atoms with van der Waals surface area (Å²) < 4.78 is 15.1. The van der Waals surface area contributed by atoms with E-state index < -0.39 is 0 Å². The van der Waals surface area contributed by atoms with Crippen molar-refractivity contribution in [2.75, 3.05) is 5.32 Å². The number of aromatic nitrogens is 3. The number of imidazole rings is 1. The van der Waals surface area contributed by atoms with Crippen LogP contribution in [0, 0.1) is 12.7 Å². The highest BCUT2D eigenvalue weighted by Crippen LogP contribution is 2.34. The molecule has 6 nitrogen and oxygen atoms in total. The highest BCUT2D eigenvalue weighted by molar-refractivity contribution is 7.12. The first-order valence-corrected chi connectivity index (χ1v) is 10.2. The Balaban J connectivity index is 1.51. The van der Waals surface area contributed by atoms with E-state index in [1.807, 2.05) is 41.3 Å². The lowest BCUT2D eigenvalue weighted by molar-refractivity contribution is -0.115. The fraction of sp³-hybridized carbons (Fsp3) is 0.0909. The SMILES string of the molecule is Cc1cn(-c2nc(C3=Nc4ccc(-c5ccc(F)cc5)cc4NC(=O)C3)cs2)cn1. The number of halogens is 1. The third-order valence-electron chi connectivity index (χ3n) is 4.75. The Morgan fingerprint density at radius 2 is 1.93 bits per heavy atom. The van der Waals surface area contributed by atoms with E-state index in [9.17, 15) is 9.18 Å². The van der Waals surface area contributed by atoms with Crippen LogP contribution in [0.3, 0.4) is 0 Å². The predicted molar refractivity (Wildman–Crippen MR) is 115 cm³/mol. The summed E-state index contributed by atoms with van der Waals surface area (Å²) in [6.45, 7) is 1.92. The number of rotatable bonds is 3. The molecule has 2 aromatic heterocycles. The van der Waals surface area contributed by atoms with Gasteiger partial charge in [0.1, 0.15) is 12.1 Å². The number of aryl methyl sites for hydroxylation is 1. The maximum absolute atomic E-state index is 13.2. The van der Waals surface area contributed by atoms with Gasteiger partial charge >= 0.3 is 0 Å². The summed E-state index contributed by atoms with van der Waals surface area (Å²) in [5.41, 5.74) is 5.21. The van der Waals surface area contributed by atoms with Crippen molar-refractivity contribution in [3.8, 4) is 16.3 Å². The van der Waals surface area contributed by atoms with Crippen LogP contribution in [0.5, 0.6) is 0 Å². The van der Waals surface area contributed by atoms with Gasteiger partial charge in [0.2, 0.25) is 5.91 Å². The van der Waals surface area contributed by atoms with Gasteiger partial charge in [-0.1, -0.05) is 18.2 Å². The number of carbonyl (C=O) groups is 1. The molecule has 0 saturated carbocycles. The molecule has 0 aliphatic carbocycles. The molecule has 0 spiro atoms. The number of hydrogen-bond donors (Lipinski definition) is 1. The Bertz CT molecular complexity index is 1290. The highest BCUT2D eigenvalue weighted by atomic mass is 32.1. The summed E-state index contributed by atoms with van der Waals surface area (Å²) in [7, 11) is 0. The zero-order valence-corrected chi connectivity index (χ0v) is 16.8. The lowest BCUT2D eigenvalue weighted by Crippen LogP contribution is -2.15. The predicted octanol–water partition coefficient (Wildman–Crippen LogP) is 4.91. The van der Waals surface area contributed by atoms with E-state index in [1.165, 1.54) is 23.5 Å². The lowest BCUT2D eigenvalue weighted by Gasteiger charge is -2.08. The minimum Gasteiger partial charge on any atom is -0.324 e. The molecular formula is C22H16FN5OS. The molecule has 2 aromatic carbocycles. The standard InChI is InChI=1S/C22H16FN5OS/c1-13-10-28(12-24-13)22-27-20(11-30-22)19-9-21(29)26-18-8-15(4-7-17(18)25-19)14-2-5-16(23)6-3-14/h2-8,10-12H,9H2,1H3,(H,26,29). The molecule has 148 valence electrons. The van der Waals surface area contributed by atoms with Gasteiger partial charge in [-0.2, -0.15) is 0 Å². The summed E-state index contributed by atoms with van der Waals surface area (Å²) in [5.74, 6) is -0.443. The summed E-state index contributed by atoms with van der Waals surface area (Å²) in [6, 6.07) is 11.9. The molecule has 30 heavy (non-hydrogen) atoms. The Morgan fingerprint density at radius 1 is 1.13 bits per heavy atom. The number of hydrogen-bond acceptors (Lipinski definition) is 5. The van der Waals surface area contributed by atoms with Crippen LogP contribution in [-0.4, -0.2) is 26.2 Å². The van der Waals surface area contributed by atoms with E-state index in [2.05, 4.69) is 15.3 Å². The van der Waals surface area contributed by atoms with Crippen molar-refractivity contribution in [3.05, 3.63) is 77.6 Å². The topological polar surface area (TPSA) is 72.2 Å². The highest BCUT2D eigenvalue weighted by Gasteiger charge is 2.20. The van der Waals surface area contributed by atoms with Gasteiger partial charge in [0, 0.05) is 11.6 Å². The third-order valence-corrected chi connectivity index (χ3v) is 5.61. The first kappa shape index (κ1) is 18.4. The van der Waals surface area contributed by atoms with Gasteiger partial charge in [-0.3, -0.25) is 9.36 Å². The van der Waals surface area contributed by atoms with Crippen LogP contribution in [0.2, 0.25) is 0 Å². The molecule has 3 heterocycles. The second kappa shape index (κ2) is 7.31. The molecule has 0 radical (unpaired) electrons. The van der Waals surface area contributed by atoms with Gasteiger partial charge in [0.05, 0.1) is 34.9 Å². The summed E-state index contributed by atoms with van der Waals surface area (Å²) in [5, 5.41) is 5.58. The quantitative estimate of drug-likeness (QED) is 0.515. The van der Waals surface area contributed by atoms with Crippen molar-refractivity contribution < 1.29 is 9.18 Å². The first-order chi connectivity index (χ1) is 14.5. The summed E-state index contributed by atoms with van der Waals surface area (Å²) in [6.07, 6.45) is 3.75. The number of benzene rings is 2. The van der Waals surface area contributed by atoms with Crippen molar-refractivity contribution in [1.29, 1.82) is 0 Å². The Kier molecular flexibility index (Phi) is 4.48. The fourth-order valence-corrected chi connectivity index (χ4v) is 4.05. The normalized spacial score (nSPS) is 13.4. The molecule has 8 heteroatoms. The number of aliphatic imine (C=N–C) groups is 1. The Labute approximate surface area is 175 Å². The average molecular weight is 417 g/mol. The number of carbonyl (C=O) groups excluding carboxylic acids is 1. The van der Waals surface area contributed by atoms with Crippen LogP contribution in [-0.2, 0) is 4.79 Å². The van der Waals surface area contributed by atoms with Gasteiger partial charge in [-0.25, -0.2) is 19.4 Å². The summed E-state index contributed by atoms with van der Waals surface area (Å²) >= 11 is 1.47. The van der Waals surface area contributed by atoms with Crippen LogP contribution >= 0.6 is 11.3 Å². The number of fused-ring (bicyclic) bond motifs is 1. The molecule has 1 N–H and O–H groups in total. The van der Waals surface area contributed by atoms with Crippen LogP contribution in [0.15, 0.2) is 65.4 Å². The van der Waals surface area contributed by atoms with E-state index in [0.717, 1.165) is 22.0 Å². The zero-order valence-electron chi connectivity index (χ0n) is 16.0. The van der Waals surface area contributed by atoms with Crippen molar-refractivity contribution in [2.24, 2.45) is 4.99 Å². The minimum absolute atomic E-state index is 0.132.